The number of amides is 1. The summed E-state index contributed by atoms with van der Waals surface area (Å²) in [6.45, 7) is -0.0846. The van der Waals surface area contributed by atoms with Crippen molar-refractivity contribution in [3.63, 3.8) is 0 Å². The molecule has 3 rings (SSSR count). The Hall–Kier alpha value is -2.86. The zero-order valence-corrected chi connectivity index (χ0v) is 16.5. The molecular formula is C19H23N3O8. The van der Waals surface area contributed by atoms with Crippen molar-refractivity contribution in [3.8, 4) is 11.4 Å². The van der Waals surface area contributed by atoms with E-state index in [1.807, 2.05) is 0 Å². The molecule has 0 spiro atoms. The number of esters is 1. The summed E-state index contributed by atoms with van der Waals surface area (Å²) in [5, 5.41) is 26.9. The minimum Gasteiger partial charge on any atom is -0.465 e. The van der Waals surface area contributed by atoms with Gasteiger partial charge in [-0.2, -0.15) is 4.98 Å². The molecule has 3 N–H and O–H groups in total. The Morgan fingerprint density at radius 1 is 1.13 bits per heavy atom. The number of carbonyl (C=O) groups is 2. The first-order chi connectivity index (χ1) is 14.4. The second-order valence-corrected chi connectivity index (χ2v) is 6.72. The highest BCUT2D eigenvalue weighted by Crippen LogP contribution is 2.25. The van der Waals surface area contributed by atoms with Gasteiger partial charge in [-0.25, -0.2) is 4.79 Å². The molecule has 0 radical (unpaired) electrons. The van der Waals surface area contributed by atoms with E-state index >= 15 is 0 Å². The maximum absolute atomic E-state index is 11.5. The Labute approximate surface area is 171 Å². The van der Waals surface area contributed by atoms with Gasteiger partial charge in [0.05, 0.1) is 25.2 Å². The van der Waals surface area contributed by atoms with Crippen LogP contribution >= 0.6 is 0 Å². The zero-order chi connectivity index (χ0) is 21.7. The lowest BCUT2D eigenvalue weighted by atomic mass is 10.1. The number of nitrogens with zero attached hydrogens (tertiary/aromatic N) is 2. The van der Waals surface area contributed by atoms with Crippen LogP contribution in [0.3, 0.4) is 0 Å². The van der Waals surface area contributed by atoms with Crippen molar-refractivity contribution in [1.82, 2.24) is 15.5 Å². The van der Waals surface area contributed by atoms with Gasteiger partial charge in [-0.15, -0.1) is 0 Å². The summed E-state index contributed by atoms with van der Waals surface area (Å²) in [5.74, 6) is -0.291. The molecule has 11 heteroatoms. The minimum atomic E-state index is -1.18. The molecule has 162 valence electrons. The molecule has 0 aliphatic carbocycles. The number of methoxy groups -OCH3 is 2. The van der Waals surface area contributed by atoms with Gasteiger partial charge in [-0.3, -0.25) is 4.79 Å². The molecule has 4 atom stereocenters. The van der Waals surface area contributed by atoms with Gasteiger partial charge in [0.25, 0.3) is 0 Å². The summed E-state index contributed by atoms with van der Waals surface area (Å²) >= 11 is 0. The molecule has 11 nitrogen and oxygen atoms in total. The number of rotatable bonds is 8. The number of nitrogens with one attached hydrogen (secondary N) is 1. The normalized spacial score (nSPS) is 23.3. The fourth-order valence-corrected chi connectivity index (χ4v) is 3.06. The third kappa shape index (κ3) is 5.00. The Kier molecular flexibility index (Phi) is 7.11. The standard InChI is InChI=1S/C19H23N3O8/c1-27-9-14(23)20-8-13-17(25)16(24)12(29-13)7-15-21-18(22-30-15)10-3-5-11(6-4-10)19(26)28-2/h3-6,12-13,16-17,24-25H,7-9H2,1-2H3,(H,20,23)/t12-,13-,16-,17+/m0/s1. The predicted molar refractivity (Wildman–Crippen MR) is 100 cm³/mol. The van der Waals surface area contributed by atoms with Crippen LogP contribution in [0.4, 0.5) is 0 Å². The molecule has 1 amide bonds. The maximum atomic E-state index is 11.5. The smallest absolute Gasteiger partial charge is 0.337 e. The van der Waals surface area contributed by atoms with E-state index in [2.05, 4.69) is 20.2 Å². The van der Waals surface area contributed by atoms with Crippen molar-refractivity contribution < 1.29 is 38.5 Å². The molecule has 1 saturated heterocycles. The van der Waals surface area contributed by atoms with Crippen LogP contribution in [0.15, 0.2) is 28.8 Å². The van der Waals surface area contributed by atoms with E-state index in [0.717, 1.165) is 0 Å². The molecule has 0 bridgehead atoms. The molecule has 0 saturated carbocycles. The number of carbonyl (C=O) groups excluding carboxylic acids is 2. The van der Waals surface area contributed by atoms with Crippen LogP contribution in [0, 0.1) is 0 Å². The van der Waals surface area contributed by atoms with Crippen LogP contribution in [0.1, 0.15) is 16.2 Å². The number of hydrogen-bond acceptors (Lipinski definition) is 10. The largest absolute Gasteiger partial charge is 0.465 e. The average Bonchev–Trinajstić information content (AvgIpc) is 3.32. The van der Waals surface area contributed by atoms with Gasteiger partial charge in [0.15, 0.2) is 0 Å². The van der Waals surface area contributed by atoms with E-state index in [4.69, 9.17) is 14.0 Å². The van der Waals surface area contributed by atoms with Gasteiger partial charge in [0.1, 0.15) is 24.9 Å². The van der Waals surface area contributed by atoms with E-state index < -0.39 is 30.4 Å². The molecular weight excluding hydrogens is 398 g/mol. The number of hydrogen-bond donors (Lipinski definition) is 3. The van der Waals surface area contributed by atoms with Gasteiger partial charge in [-0.1, -0.05) is 17.3 Å². The molecule has 1 aromatic heterocycles. The molecule has 1 fully saturated rings. The highest BCUT2D eigenvalue weighted by molar-refractivity contribution is 5.89. The number of aliphatic hydroxyl groups is 2. The van der Waals surface area contributed by atoms with Crippen LogP contribution in [-0.4, -0.2) is 84.0 Å². The Balaban J connectivity index is 1.60. The number of aromatic nitrogens is 2. The van der Waals surface area contributed by atoms with E-state index in [9.17, 15) is 19.8 Å². The van der Waals surface area contributed by atoms with Crippen molar-refractivity contribution in [1.29, 1.82) is 0 Å². The summed E-state index contributed by atoms with van der Waals surface area (Å²) in [5.41, 5.74) is 1.02. The third-order valence-electron chi connectivity index (χ3n) is 4.65. The maximum Gasteiger partial charge on any atom is 0.337 e. The van der Waals surface area contributed by atoms with Crippen molar-refractivity contribution in [2.24, 2.45) is 0 Å². The van der Waals surface area contributed by atoms with E-state index in [1.54, 1.807) is 24.3 Å². The fraction of sp³-hybridized carbons (Fsp3) is 0.474. The van der Waals surface area contributed by atoms with Crippen molar-refractivity contribution in [2.75, 3.05) is 27.4 Å². The lowest BCUT2D eigenvalue weighted by Crippen LogP contribution is -2.40. The van der Waals surface area contributed by atoms with E-state index in [1.165, 1.54) is 14.2 Å². The topological polar surface area (TPSA) is 153 Å². The molecule has 1 aliphatic heterocycles. The Morgan fingerprint density at radius 2 is 1.83 bits per heavy atom. The van der Waals surface area contributed by atoms with Gasteiger partial charge in [-0.05, 0) is 12.1 Å². The van der Waals surface area contributed by atoms with Crippen LogP contribution < -0.4 is 5.32 Å². The van der Waals surface area contributed by atoms with Gasteiger partial charge in [0, 0.05) is 19.2 Å². The van der Waals surface area contributed by atoms with Crippen LogP contribution in [0.2, 0.25) is 0 Å². The lowest BCUT2D eigenvalue weighted by molar-refractivity contribution is -0.125. The van der Waals surface area contributed by atoms with Crippen LogP contribution in [0.5, 0.6) is 0 Å². The van der Waals surface area contributed by atoms with Crippen LogP contribution in [-0.2, 0) is 25.4 Å². The molecule has 1 aliphatic rings. The van der Waals surface area contributed by atoms with Crippen molar-refractivity contribution >= 4 is 11.9 Å². The van der Waals surface area contributed by atoms with Gasteiger partial charge < -0.3 is 34.3 Å². The van der Waals surface area contributed by atoms with Crippen LogP contribution in [0.25, 0.3) is 11.4 Å². The Bertz CT molecular complexity index is 869. The zero-order valence-electron chi connectivity index (χ0n) is 16.5. The fourth-order valence-electron chi connectivity index (χ4n) is 3.06. The monoisotopic (exact) mass is 421 g/mol. The SMILES string of the molecule is COCC(=O)NC[C@@H]1O[C@@H](Cc2nc(-c3ccc(C(=O)OC)cc3)no2)[C@H](O)[C@@H]1O. The first-order valence-electron chi connectivity index (χ1n) is 9.21. The molecule has 1 aromatic carbocycles. The van der Waals surface area contributed by atoms with E-state index in [-0.39, 0.29) is 31.4 Å². The summed E-state index contributed by atoms with van der Waals surface area (Å²) in [6.07, 6.45) is -3.83. The molecule has 2 heterocycles. The van der Waals surface area contributed by atoms with E-state index in [0.29, 0.717) is 17.0 Å². The number of ether oxygens (including phenoxy) is 3. The summed E-state index contributed by atoms with van der Waals surface area (Å²) in [4.78, 5) is 27.2. The lowest BCUT2D eigenvalue weighted by Gasteiger charge is -2.15. The summed E-state index contributed by atoms with van der Waals surface area (Å²) in [7, 11) is 2.70. The third-order valence-corrected chi connectivity index (χ3v) is 4.65. The highest BCUT2D eigenvalue weighted by Gasteiger charge is 2.43. The van der Waals surface area contributed by atoms with Gasteiger partial charge >= 0.3 is 5.97 Å². The Morgan fingerprint density at radius 3 is 2.50 bits per heavy atom. The first kappa shape index (κ1) is 21.8. The molecule has 2 aromatic rings. The average molecular weight is 421 g/mol. The van der Waals surface area contributed by atoms with Gasteiger partial charge in [0.2, 0.25) is 17.6 Å². The number of benzene rings is 1. The number of aliphatic hydroxyl groups excluding tert-OH is 2. The predicted octanol–water partition coefficient (Wildman–Crippen LogP) is -0.682. The second-order valence-electron chi connectivity index (χ2n) is 6.72. The highest BCUT2D eigenvalue weighted by atomic mass is 16.5. The second kappa shape index (κ2) is 9.76. The summed E-state index contributed by atoms with van der Waals surface area (Å²) < 4.78 is 20.2. The first-order valence-corrected chi connectivity index (χ1v) is 9.21. The minimum absolute atomic E-state index is 0.0263. The molecule has 0 unspecified atom stereocenters. The quantitative estimate of drug-likeness (QED) is 0.467. The molecule has 30 heavy (non-hydrogen) atoms. The van der Waals surface area contributed by atoms with Crippen molar-refractivity contribution in [2.45, 2.75) is 30.8 Å². The summed E-state index contributed by atoms with van der Waals surface area (Å²) in [6, 6.07) is 6.48. The van der Waals surface area contributed by atoms with Crippen molar-refractivity contribution in [3.05, 3.63) is 35.7 Å².